The molecule has 106 valence electrons. The first-order valence-electron chi connectivity index (χ1n) is 6.50. The number of hydrogen-bond donors (Lipinski definition) is 1. The predicted molar refractivity (Wildman–Crippen MR) is 63.1 cm³/mol. The summed E-state index contributed by atoms with van der Waals surface area (Å²) in [6.07, 6.45) is -1.38. The maximum atomic E-state index is 12.5. The van der Waals surface area contributed by atoms with Gasteiger partial charge in [0, 0.05) is 13.1 Å². The highest BCUT2D eigenvalue weighted by Gasteiger charge is 2.35. The molecule has 18 heavy (non-hydrogen) atoms. The van der Waals surface area contributed by atoms with Gasteiger partial charge in [-0.05, 0) is 25.8 Å². The highest BCUT2D eigenvalue weighted by atomic mass is 19.4. The van der Waals surface area contributed by atoms with Crippen LogP contribution < -0.4 is 5.32 Å². The molecule has 0 radical (unpaired) electrons. The van der Waals surface area contributed by atoms with Crippen LogP contribution in [0.25, 0.3) is 0 Å². The van der Waals surface area contributed by atoms with Gasteiger partial charge < -0.3 is 10.2 Å². The monoisotopic (exact) mass is 266 g/mol. The molecule has 1 atom stereocenters. The minimum atomic E-state index is -4.31. The molecule has 1 aliphatic heterocycles. The standard InChI is InChI=1S/C12H21F3N2O/c1-2-3-7-17(9-12(13,14)15)11(18)10-5-4-6-16-8-10/h10,16H,2-9H2,1H3/t10-/m1/s1. The summed E-state index contributed by atoms with van der Waals surface area (Å²) in [4.78, 5) is 13.0. The third kappa shape index (κ3) is 5.25. The van der Waals surface area contributed by atoms with Crippen LogP contribution in [0, 0.1) is 5.92 Å². The van der Waals surface area contributed by atoms with Crippen LogP contribution in [0.3, 0.4) is 0 Å². The first-order chi connectivity index (χ1) is 8.44. The van der Waals surface area contributed by atoms with E-state index in [-0.39, 0.29) is 18.4 Å². The number of unbranched alkanes of at least 4 members (excludes halogenated alkanes) is 1. The van der Waals surface area contributed by atoms with E-state index >= 15 is 0 Å². The van der Waals surface area contributed by atoms with Crippen molar-refractivity contribution in [3.63, 3.8) is 0 Å². The fourth-order valence-corrected chi connectivity index (χ4v) is 2.15. The maximum Gasteiger partial charge on any atom is 0.406 e. The van der Waals surface area contributed by atoms with E-state index in [9.17, 15) is 18.0 Å². The fraction of sp³-hybridized carbons (Fsp3) is 0.917. The minimum absolute atomic E-state index is 0.200. The molecule has 1 aliphatic rings. The van der Waals surface area contributed by atoms with Crippen molar-refractivity contribution in [1.82, 2.24) is 10.2 Å². The van der Waals surface area contributed by atoms with Crippen molar-refractivity contribution in [2.75, 3.05) is 26.2 Å². The molecule has 3 nitrogen and oxygen atoms in total. The van der Waals surface area contributed by atoms with Crippen molar-refractivity contribution in [2.45, 2.75) is 38.8 Å². The van der Waals surface area contributed by atoms with E-state index in [0.717, 1.165) is 24.3 Å². The first kappa shape index (κ1) is 15.3. The third-order valence-electron chi connectivity index (χ3n) is 3.11. The lowest BCUT2D eigenvalue weighted by molar-refractivity contribution is -0.164. The van der Waals surface area contributed by atoms with Gasteiger partial charge in [-0.15, -0.1) is 0 Å². The van der Waals surface area contributed by atoms with Gasteiger partial charge in [0.1, 0.15) is 6.54 Å². The molecule has 1 rings (SSSR count). The highest BCUT2D eigenvalue weighted by molar-refractivity contribution is 5.79. The van der Waals surface area contributed by atoms with Crippen molar-refractivity contribution in [3.8, 4) is 0 Å². The van der Waals surface area contributed by atoms with Crippen LogP contribution in [-0.2, 0) is 4.79 Å². The molecule has 0 aromatic carbocycles. The molecule has 0 saturated carbocycles. The number of carbonyl (C=O) groups excluding carboxylic acids is 1. The number of nitrogens with one attached hydrogen (secondary N) is 1. The Morgan fingerprint density at radius 3 is 2.67 bits per heavy atom. The summed E-state index contributed by atoms with van der Waals surface area (Å²) in [6.45, 7) is 2.32. The smallest absolute Gasteiger partial charge is 0.333 e. The molecule has 1 fully saturated rings. The Hall–Kier alpha value is -0.780. The highest BCUT2D eigenvalue weighted by Crippen LogP contribution is 2.20. The van der Waals surface area contributed by atoms with Gasteiger partial charge in [-0.3, -0.25) is 4.79 Å². The number of carbonyl (C=O) groups is 1. The van der Waals surface area contributed by atoms with Crippen molar-refractivity contribution in [3.05, 3.63) is 0 Å². The summed E-state index contributed by atoms with van der Waals surface area (Å²) in [5, 5.41) is 3.06. The normalized spacial score (nSPS) is 20.8. The Morgan fingerprint density at radius 2 is 2.17 bits per heavy atom. The second-order valence-electron chi connectivity index (χ2n) is 4.77. The van der Waals surface area contributed by atoms with Gasteiger partial charge in [-0.25, -0.2) is 0 Å². The van der Waals surface area contributed by atoms with Gasteiger partial charge in [0.15, 0.2) is 0 Å². The van der Waals surface area contributed by atoms with E-state index in [4.69, 9.17) is 0 Å². The van der Waals surface area contributed by atoms with Crippen LogP contribution in [0.15, 0.2) is 0 Å². The second kappa shape index (κ2) is 6.97. The average molecular weight is 266 g/mol. The summed E-state index contributed by atoms with van der Waals surface area (Å²) in [7, 11) is 0. The zero-order valence-electron chi connectivity index (χ0n) is 10.7. The molecule has 0 aromatic heterocycles. The topological polar surface area (TPSA) is 32.3 Å². The molecule has 0 aromatic rings. The van der Waals surface area contributed by atoms with Gasteiger partial charge in [0.2, 0.25) is 5.91 Å². The number of hydrogen-bond acceptors (Lipinski definition) is 2. The molecule has 1 heterocycles. The van der Waals surface area contributed by atoms with Gasteiger partial charge in [-0.1, -0.05) is 13.3 Å². The summed E-state index contributed by atoms with van der Waals surface area (Å²) in [6, 6.07) is 0. The van der Waals surface area contributed by atoms with E-state index < -0.39 is 12.7 Å². The van der Waals surface area contributed by atoms with Crippen LogP contribution in [0.4, 0.5) is 13.2 Å². The summed E-state index contributed by atoms with van der Waals surface area (Å²) < 4.78 is 37.4. The lowest BCUT2D eigenvalue weighted by Gasteiger charge is -2.30. The molecular formula is C12H21F3N2O. The molecule has 1 saturated heterocycles. The average Bonchev–Trinajstić information content (AvgIpc) is 2.33. The van der Waals surface area contributed by atoms with Crippen LogP contribution in [0.1, 0.15) is 32.6 Å². The molecule has 0 aliphatic carbocycles. The Kier molecular flexibility index (Phi) is 5.91. The number of halogens is 3. The predicted octanol–water partition coefficient (Wildman–Crippen LogP) is 2.18. The van der Waals surface area contributed by atoms with E-state index in [1.807, 2.05) is 6.92 Å². The Morgan fingerprint density at radius 1 is 1.44 bits per heavy atom. The third-order valence-corrected chi connectivity index (χ3v) is 3.11. The molecule has 1 amide bonds. The molecule has 0 spiro atoms. The van der Waals surface area contributed by atoms with Crippen molar-refractivity contribution >= 4 is 5.91 Å². The Balaban J connectivity index is 2.59. The van der Waals surface area contributed by atoms with Gasteiger partial charge in [0.05, 0.1) is 5.92 Å². The van der Waals surface area contributed by atoms with E-state index in [0.29, 0.717) is 19.4 Å². The fourth-order valence-electron chi connectivity index (χ4n) is 2.15. The van der Waals surface area contributed by atoms with Crippen LogP contribution in [0.2, 0.25) is 0 Å². The van der Waals surface area contributed by atoms with Crippen LogP contribution in [-0.4, -0.2) is 43.2 Å². The number of alkyl halides is 3. The van der Waals surface area contributed by atoms with Gasteiger partial charge in [0.25, 0.3) is 0 Å². The number of rotatable bonds is 5. The van der Waals surface area contributed by atoms with Crippen molar-refractivity contribution < 1.29 is 18.0 Å². The quantitative estimate of drug-likeness (QED) is 0.827. The Labute approximate surface area is 106 Å². The van der Waals surface area contributed by atoms with Crippen LogP contribution >= 0.6 is 0 Å². The van der Waals surface area contributed by atoms with E-state index in [1.165, 1.54) is 0 Å². The first-order valence-corrected chi connectivity index (χ1v) is 6.50. The summed E-state index contributed by atoms with van der Waals surface area (Å²) >= 11 is 0. The van der Waals surface area contributed by atoms with Crippen LogP contribution in [0.5, 0.6) is 0 Å². The largest absolute Gasteiger partial charge is 0.406 e. The van der Waals surface area contributed by atoms with Crippen molar-refractivity contribution in [2.24, 2.45) is 5.92 Å². The zero-order valence-corrected chi connectivity index (χ0v) is 10.7. The lowest BCUT2D eigenvalue weighted by atomic mass is 9.98. The number of amides is 1. The minimum Gasteiger partial charge on any atom is -0.333 e. The van der Waals surface area contributed by atoms with E-state index in [1.54, 1.807) is 0 Å². The molecule has 0 bridgehead atoms. The maximum absolute atomic E-state index is 12.5. The van der Waals surface area contributed by atoms with Gasteiger partial charge in [-0.2, -0.15) is 13.2 Å². The molecule has 6 heteroatoms. The van der Waals surface area contributed by atoms with Gasteiger partial charge >= 0.3 is 6.18 Å². The molecule has 1 N–H and O–H groups in total. The summed E-state index contributed by atoms with van der Waals surface area (Å²) in [5.41, 5.74) is 0. The summed E-state index contributed by atoms with van der Waals surface area (Å²) in [5.74, 6) is -0.647. The Bertz CT molecular complexity index is 263. The van der Waals surface area contributed by atoms with Crippen molar-refractivity contribution in [1.29, 1.82) is 0 Å². The zero-order chi connectivity index (χ0) is 13.6. The number of nitrogens with zero attached hydrogens (tertiary/aromatic N) is 1. The lowest BCUT2D eigenvalue weighted by Crippen LogP contribution is -2.46. The second-order valence-corrected chi connectivity index (χ2v) is 4.77. The SMILES string of the molecule is CCCCN(CC(F)(F)F)C(=O)[C@@H]1CCCNC1. The molecular weight excluding hydrogens is 245 g/mol. The molecule has 0 unspecified atom stereocenters. The van der Waals surface area contributed by atoms with E-state index in [2.05, 4.69) is 5.32 Å². The number of piperidine rings is 1.